The molecule has 2 heterocycles. The molecule has 132 valence electrons. The number of halogens is 1. The summed E-state index contributed by atoms with van der Waals surface area (Å²) in [5.41, 5.74) is -1.38. The van der Waals surface area contributed by atoms with Crippen molar-refractivity contribution in [3.63, 3.8) is 0 Å². The number of carbonyl (C=O) groups excluding carboxylic acids is 1. The molecule has 8 heteroatoms. The average Bonchev–Trinajstić information content (AvgIpc) is 2.97. The first-order valence-electron chi connectivity index (χ1n) is 7.84. The lowest BCUT2D eigenvalue weighted by atomic mass is 10.1. The molecule has 0 unspecified atom stereocenters. The fourth-order valence-electron chi connectivity index (χ4n) is 2.84. The van der Waals surface area contributed by atoms with E-state index in [0.717, 1.165) is 10.8 Å². The van der Waals surface area contributed by atoms with E-state index >= 15 is 0 Å². The first kappa shape index (κ1) is 17.1. The van der Waals surface area contributed by atoms with Gasteiger partial charge in [0.25, 0.3) is 5.56 Å². The van der Waals surface area contributed by atoms with Gasteiger partial charge in [0.15, 0.2) is 0 Å². The van der Waals surface area contributed by atoms with Crippen molar-refractivity contribution in [1.82, 2.24) is 9.55 Å². The van der Waals surface area contributed by atoms with Gasteiger partial charge in [0.2, 0.25) is 5.82 Å². The number of H-pyrrole nitrogens is 1. The Morgan fingerprint density at radius 2 is 2.08 bits per heavy atom. The Bertz CT molecular complexity index is 877. The number of rotatable bonds is 4. The number of aromatic nitrogens is 2. The van der Waals surface area contributed by atoms with Crippen LogP contribution < -0.4 is 11.2 Å². The van der Waals surface area contributed by atoms with Crippen molar-refractivity contribution in [2.24, 2.45) is 5.92 Å². The van der Waals surface area contributed by atoms with Crippen molar-refractivity contribution in [2.45, 2.75) is 25.7 Å². The minimum atomic E-state index is -1.07. The maximum absolute atomic E-state index is 13.5. The lowest BCUT2D eigenvalue weighted by Crippen LogP contribution is -2.35. The van der Waals surface area contributed by atoms with Crippen LogP contribution in [0.15, 0.2) is 46.1 Å². The van der Waals surface area contributed by atoms with Crippen molar-refractivity contribution in [2.75, 3.05) is 6.61 Å². The van der Waals surface area contributed by atoms with E-state index < -0.39 is 35.4 Å². The average molecular weight is 348 g/mol. The van der Waals surface area contributed by atoms with Gasteiger partial charge in [-0.25, -0.2) is 9.59 Å². The van der Waals surface area contributed by atoms with Crippen LogP contribution >= 0.6 is 0 Å². The second-order valence-electron chi connectivity index (χ2n) is 5.97. The second kappa shape index (κ2) is 7.02. The van der Waals surface area contributed by atoms with Crippen molar-refractivity contribution < 1.29 is 18.7 Å². The maximum atomic E-state index is 13.5. The maximum Gasteiger partial charge on any atom is 0.338 e. The van der Waals surface area contributed by atoms with E-state index in [1.165, 1.54) is 0 Å². The Kier molecular flexibility index (Phi) is 4.80. The van der Waals surface area contributed by atoms with E-state index in [0.29, 0.717) is 12.0 Å². The van der Waals surface area contributed by atoms with Gasteiger partial charge in [-0.05, 0) is 18.6 Å². The molecule has 1 aromatic heterocycles. The molecular weight excluding hydrogens is 331 g/mol. The Balaban J connectivity index is 1.66. The number of aromatic amines is 1. The summed E-state index contributed by atoms with van der Waals surface area (Å²) in [6.45, 7) is 1.86. The lowest BCUT2D eigenvalue weighted by Gasteiger charge is -2.18. The number of nitrogens with zero attached hydrogens (tertiary/aromatic N) is 1. The Labute approximate surface area is 142 Å². The predicted octanol–water partition coefficient (Wildman–Crippen LogP) is 1.46. The van der Waals surface area contributed by atoms with Crippen LogP contribution in [0.3, 0.4) is 0 Å². The summed E-state index contributed by atoms with van der Waals surface area (Å²) in [4.78, 5) is 36.8. The van der Waals surface area contributed by atoms with Crippen LogP contribution in [0.5, 0.6) is 0 Å². The normalized spacial score (nSPS) is 22.7. The van der Waals surface area contributed by atoms with Crippen LogP contribution in [0.25, 0.3) is 0 Å². The molecule has 0 aliphatic carbocycles. The molecule has 1 fully saturated rings. The van der Waals surface area contributed by atoms with Crippen LogP contribution in [0, 0.1) is 11.7 Å². The number of ether oxygens (including phenoxy) is 2. The Hall–Kier alpha value is -2.74. The van der Waals surface area contributed by atoms with Gasteiger partial charge in [-0.3, -0.25) is 14.3 Å². The molecule has 1 aliphatic heterocycles. The summed E-state index contributed by atoms with van der Waals surface area (Å²) in [6.07, 6.45) is 0.203. The summed E-state index contributed by atoms with van der Waals surface area (Å²) in [5.74, 6) is -1.65. The number of benzene rings is 1. The molecule has 3 atom stereocenters. The SMILES string of the molecule is C[C@H]1C[C@@H](COC(=O)c2ccccc2)O[C@H]1n1cc(F)c(=O)[nH]c1=O. The first-order chi connectivity index (χ1) is 12.0. The minimum absolute atomic E-state index is 0.0230. The molecule has 0 saturated carbocycles. The molecule has 1 saturated heterocycles. The summed E-state index contributed by atoms with van der Waals surface area (Å²) >= 11 is 0. The zero-order valence-corrected chi connectivity index (χ0v) is 13.5. The standard InChI is InChI=1S/C17H17FN2O5/c1-10-7-12(9-24-16(22)11-5-3-2-4-6-11)25-15(10)20-8-13(18)14(21)19-17(20)23/h2-6,8,10,12,15H,7,9H2,1H3,(H,19,21,23)/t10-,12-,15+/m0/s1. The molecule has 2 aromatic rings. The highest BCUT2D eigenvalue weighted by Crippen LogP contribution is 2.33. The number of hydrogen-bond donors (Lipinski definition) is 1. The van der Waals surface area contributed by atoms with Gasteiger partial charge >= 0.3 is 11.7 Å². The topological polar surface area (TPSA) is 90.4 Å². The quantitative estimate of drug-likeness (QED) is 0.845. The molecular formula is C17H17FN2O5. The van der Waals surface area contributed by atoms with Crippen molar-refractivity contribution in [3.8, 4) is 0 Å². The van der Waals surface area contributed by atoms with Crippen molar-refractivity contribution >= 4 is 5.97 Å². The summed E-state index contributed by atoms with van der Waals surface area (Å²) in [6, 6.07) is 8.55. The first-order valence-corrected chi connectivity index (χ1v) is 7.84. The van der Waals surface area contributed by atoms with Gasteiger partial charge in [-0.2, -0.15) is 4.39 Å². The van der Waals surface area contributed by atoms with Crippen LogP contribution in [0.2, 0.25) is 0 Å². The van der Waals surface area contributed by atoms with E-state index in [1.54, 1.807) is 30.3 Å². The van der Waals surface area contributed by atoms with Gasteiger partial charge in [0.05, 0.1) is 17.9 Å². The number of nitrogens with one attached hydrogen (secondary N) is 1. The largest absolute Gasteiger partial charge is 0.459 e. The van der Waals surface area contributed by atoms with Gasteiger partial charge in [-0.1, -0.05) is 25.1 Å². The van der Waals surface area contributed by atoms with Gasteiger partial charge in [0.1, 0.15) is 12.8 Å². The third-order valence-corrected chi connectivity index (χ3v) is 4.06. The summed E-state index contributed by atoms with van der Waals surface area (Å²) in [7, 11) is 0. The molecule has 25 heavy (non-hydrogen) atoms. The van der Waals surface area contributed by atoms with Crippen LogP contribution in [-0.4, -0.2) is 28.2 Å². The third-order valence-electron chi connectivity index (χ3n) is 4.06. The van der Waals surface area contributed by atoms with Gasteiger partial charge in [-0.15, -0.1) is 0 Å². The molecule has 0 bridgehead atoms. The third kappa shape index (κ3) is 3.69. The number of hydrogen-bond acceptors (Lipinski definition) is 5. The Morgan fingerprint density at radius 3 is 2.80 bits per heavy atom. The minimum Gasteiger partial charge on any atom is -0.459 e. The predicted molar refractivity (Wildman–Crippen MR) is 85.7 cm³/mol. The monoisotopic (exact) mass is 348 g/mol. The van der Waals surface area contributed by atoms with Gasteiger partial charge in [0, 0.05) is 5.92 Å². The summed E-state index contributed by atoms with van der Waals surface area (Å²) in [5, 5.41) is 0. The molecule has 1 aromatic carbocycles. The van der Waals surface area contributed by atoms with Crippen molar-refractivity contribution in [3.05, 3.63) is 68.7 Å². The van der Waals surface area contributed by atoms with Crippen molar-refractivity contribution in [1.29, 1.82) is 0 Å². The molecule has 0 amide bonds. The van der Waals surface area contributed by atoms with E-state index in [2.05, 4.69) is 0 Å². The fourth-order valence-corrected chi connectivity index (χ4v) is 2.84. The van der Waals surface area contributed by atoms with E-state index in [9.17, 15) is 18.8 Å². The van der Waals surface area contributed by atoms with E-state index in [1.807, 2.05) is 11.9 Å². The molecule has 1 aliphatic rings. The Morgan fingerprint density at radius 1 is 1.36 bits per heavy atom. The second-order valence-corrected chi connectivity index (χ2v) is 5.97. The van der Waals surface area contributed by atoms with Crippen LogP contribution in [0.1, 0.15) is 29.9 Å². The molecule has 7 nitrogen and oxygen atoms in total. The molecule has 0 spiro atoms. The van der Waals surface area contributed by atoms with Gasteiger partial charge < -0.3 is 9.47 Å². The molecule has 0 radical (unpaired) electrons. The number of esters is 1. The molecule has 3 rings (SSSR count). The lowest BCUT2D eigenvalue weighted by molar-refractivity contribution is -0.0414. The van der Waals surface area contributed by atoms with E-state index in [-0.39, 0.29) is 12.5 Å². The summed E-state index contributed by atoms with van der Waals surface area (Å²) < 4.78 is 25.4. The fraction of sp³-hybridized carbons (Fsp3) is 0.353. The van der Waals surface area contributed by atoms with E-state index in [4.69, 9.17) is 9.47 Å². The van der Waals surface area contributed by atoms with Crippen LogP contribution in [-0.2, 0) is 9.47 Å². The zero-order chi connectivity index (χ0) is 18.0. The smallest absolute Gasteiger partial charge is 0.338 e. The zero-order valence-electron chi connectivity index (χ0n) is 13.5. The highest BCUT2D eigenvalue weighted by Gasteiger charge is 2.35. The number of carbonyl (C=O) groups is 1. The van der Waals surface area contributed by atoms with Crippen LogP contribution in [0.4, 0.5) is 4.39 Å². The highest BCUT2D eigenvalue weighted by atomic mass is 19.1. The highest BCUT2D eigenvalue weighted by molar-refractivity contribution is 5.89. The molecule has 1 N–H and O–H groups in total.